The van der Waals surface area contributed by atoms with Crippen molar-refractivity contribution in [2.45, 2.75) is 19.8 Å². The molecule has 0 heterocycles. The van der Waals surface area contributed by atoms with E-state index in [1.54, 1.807) is 0 Å². The van der Waals surface area contributed by atoms with E-state index in [9.17, 15) is 0 Å². The van der Waals surface area contributed by atoms with Crippen LogP contribution >= 0.6 is 12.6 Å². The summed E-state index contributed by atoms with van der Waals surface area (Å²) in [6.07, 6.45) is 2.52. The van der Waals surface area contributed by atoms with Gasteiger partial charge in [0.25, 0.3) is 0 Å². The first-order valence-electron chi connectivity index (χ1n) is 2.02. The van der Waals surface area contributed by atoms with Crippen LogP contribution < -0.4 is 0 Å². The van der Waals surface area contributed by atoms with Gasteiger partial charge in [0.2, 0.25) is 0 Å². The Hall–Kier alpha value is 0.844. The molecular formula is C4H10NiS. The van der Waals surface area contributed by atoms with Gasteiger partial charge in [0.1, 0.15) is 0 Å². The molecule has 2 heteroatoms. The second-order valence-electron chi connectivity index (χ2n) is 1.08. The SMILES string of the molecule is CCCCS.[Ni]. The van der Waals surface area contributed by atoms with Gasteiger partial charge in [0, 0.05) is 16.5 Å². The Bertz CT molecular complexity index is 15.0. The Labute approximate surface area is 55.0 Å². The van der Waals surface area contributed by atoms with E-state index in [2.05, 4.69) is 19.6 Å². The second kappa shape index (κ2) is 9.28. The van der Waals surface area contributed by atoms with Crippen molar-refractivity contribution in [3.05, 3.63) is 0 Å². The van der Waals surface area contributed by atoms with E-state index < -0.39 is 0 Å². The zero-order chi connectivity index (χ0) is 4.12. The Morgan fingerprint density at radius 2 is 2.00 bits per heavy atom. The smallest absolute Gasteiger partial charge is 0 e. The Morgan fingerprint density at radius 1 is 1.50 bits per heavy atom. The zero-order valence-electron chi connectivity index (χ0n) is 3.88. The van der Waals surface area contributed by atoms with Gasteiger partial charge in [0.15, 0.2) is 0 Å². The summed E-state index contributed by atoms with van der Waals surface area (Å²) in [7, 11) is 0. The third-order valence-electron chi connectivity index (χ3n) is 0.512. The van der Waals surface area contributed by atoms with E-state index in [0.29, 0.717) is 0 Å². The van der Waals surface area contributed by atoms with E-state index in [-0.39, 0.29) is 16.5 Å². The quantitative estimate of drug-likeness (QED) is 0.448. The standard InChI is InChI=1S/C4H10S.Ni/c1-2-3-4-5;/h5H,2-4H2,1H3;. The van der Waals surface area contributed by atoms with Crippen molar-refractivity contribution < 1.29 is 16.5 Å². The van der Waals surface area contributed by atoms with Crippen molar-refractivity contribution in [3.63, 3.8) is 0 Å². The molecular weight excluding hydrogens is 139 g/mol. The molecule has 0 radical (unpaired) electrons. The first kappa shape index (κ1) is 9.96. The van der Waals surface area contributed by atoms with Crippen LogP contribution in [0.4, 0.5) is 0 Å². The summed E-state index contributed by atoms with van der Waals surface area (Å²) in [4.78, 5) is 0. The summed E-state index contributed by atoms with van der Waals surface area (Å²) in [5.74, 6) is 1.04. The number of thiol groups is 1. The molecule has 0 unspecified atom stereocenters. The minimum atomic E-state index is 0. The van der Waals surface area contributed by atoms with Gasteiger partial charge in [-0.25, -0.2) is 0 Å². The number of unbranched alkanes of at least 4 members (excludes halogenated alkanes) is 1. The van der Waals surface area contributed by atoms with Crippen LogP contribution in [0.2, 0.25) is 0 Å². The third-order valence-corrected chi connectivity index (χ3v) is 0.828. The minimum absolute atomic E-state index is 0. The van der Waals surface area contributed by atoms with E-state index in [0.717, 1.165) is 5.75 Å². The fraction of sp³-hybridized carbons (Fsp3) is 1.00. The average Bonchev–Trinajstić information content (AvgIpc) is 1.41. The van der Waals surface area contributed by atoms with E-state index in [1.807, 2.05) is 0 Å². The Kier molecular flexibility index (Phi) is 15.4. The molecule has 0 N–H and O–H groups in total. The van der Waals surface area contributed by atoms with Crippen LogP contribution in [0.3, 0.4) is 0 Å². The maximum atomic E-state index is 4.00. The van der Waals surface area contributed by atoms with E-state index in [4.69, 9.17) is 0 Å². The van der Waals surface area contributed by atoms with Crippen LogP contribution in [0.1, 0.15) is 19.8 Å². The monoisotopic (exact) mass is 148 g/mol. The third kappa shape index (κ3) is 8.85. The van der Waals surface area contributed by atoms with Crippen LogP contribution in [0.25, 0.3) is 0 Å². The van der Waals surface area contributed by atoms with Crippen LogP contribution in [-0.4, -0.2) is 5.75 Å². The Morgan fingerprint density at radius 3 is 2.00 bits per heavy atom. The van der Waals surface area contributed by atoms with Gasteiger partial charge in [-0.1, -0.05) is 13.3 Å². The molecule has 0 aromatic carbocycles. The molecule has 0 fully saturated rings. The fourth-order valence-corrected chi connectivity index (χ4v) is 0.474. The molecule has 0 aliphatic rings. The maximum absolute atomic E-state index is 4.00. The van der Waals surface area contributed by atoms with Crippen molar-refractivity contribution in [1.82, 2.24) is 0 Å². The molecule has 42 valence electrons. The topological polar surface area (TPSA) is 0 Å². The number of hydrogen-bond acceptors (Lipinski definition) is 1. The fourth-order valence-electron chi connectivity index (χ4n) is 0.158. The molecule has 0 spiro atoms. The van der Waals surface area contributed by atoms with Crippen LogP contribution in [0.5, 0.6) is 0 Å². The van der Waals surface area contributed by atoms with Gasteiger partial charge < -0.3 is 0 Å². The molecule has 0 rings (SSSR count). The summed E-state index contributed by atoms with van der Waals surface area (Å²) < 4.78 is 0. The summed E-state index contributed by atoms with van der Waals surface area (Å²) in [6.45, 7) is 2.16. The van der Waals surface area contributed by atoms with Crippen LogP contribution in [-0.2, 0) is 16.5 Å². The second-order valence-corrected chi connectivity index (χ2v) is 1.52. The normalized spacial score (nSPS) is 7.00. The molecule has 0 amide bonds. The molecule has 0 aliphatic heterocycles. The largest absolute Gasteiger partial charge is 0.179 e. The van der Waals surface area contributed by atoms with Gasteiger partial charge in [-0.05, 0) is 12.2 Å². The average molecular weight is 149 g/mol. The summed E-state index contributed by atoms with van der Waals surface area (Å²) in [5, 5.41) is 0. The number of rotatable bonds is 2. The molecule has 0 saturated carbocycles. The van der Waals surface area contributed by atoms with Crippen molar-refractivity contribution in [1.29, 1.82) is 0 Å². The van der Waals surface area contributed by atoms with E-state index in [1.165, 1.54) is 12.8 Å². The van der Waals surface area contributed by atoms with Gasteiger partial charge in [-0.3, -0.25) is 0 Å². The van der Waals surface area contributed by atoms with E-state index >= 15 is 0 Å². The van der Waals surface area contributed by atoms with Crippen LogP contribution in [0.15, 0.2) is 0 Å². The van der Waals surface area contributed by atoms with Crippen molar-refractivity contribution in [2.75, 3.05) is 5.75 Å². The summed E-state index contributed by atoms with van der Waals surface area (Å²) in [6, 6.07) is 0. The van der Waals surface area contributed by atoms with Crippen LogP contribution in [0, 0.1) is 0 Å². The Balaban J connectivity index is 0. The van der Waals surface area contributed by atoms with Gasteiger partial charge in [0.05, 0.1) is 0 Å². The first-order chi connectivity index (χ1) is 2.41. The molecule has 0 aromatic heterocycles. The molecule has 0 saturated heterocycles. The molecule has 0 aliphatic carbocycles. The van der Waals surface area contributed by atoms with Crippen molar-refractivity contribution >= 4 is 12.6 Å². The van der Waals surface area contributed by atoms with Gasteiger partial charge in [-0.15, -0.1) is 0 Å². The van der Waals surface area contributed by atoms with Crippen molar-refractivity contribution in [3.8, 4) is 0 Å². The molecule has 0 bridgehead atoms. The maximum Gasteiger partial charge on any atom is 0 e. The molecule has 6 heavy (non-hydrogen) atoms. The first-order valence-corrected chi connectivity index (χ1v) is 2.66. The predicted octanol–water partition coefficient (Wildman–Crippen LogP) is 1.71. The zero-order valence-corrected chi connectivity index (χ0v) is 5.77. The van der Waals surface area contributed by atoms with Crippen molar-refractivity contribution in [2.24, 2.45) is 0 Å². The van der Waals surface area contributed by atoms with Gasteiger partial charge in [-0.2, -0.15) is 12.6 Å². The van der Waals surface area contributed by atoms with Gasteiger partial charge >= 0.3 is 0 Å². The summed E-state index contributed by atoms with van der Waals surface area (Å²) >= 11 is 4.00. The predicted molar refractivity (Wildman–Crippen MR) is 28.8 cm³/mol. The molecule has 0 aromatic rings. The number of hydrogen-bond donors (Lipinski definition) is 1. The summed E-state index contributed by atoms with van der Waals surface area (Å²) in [5.41, 5.74) is 0. The molecule has 0 nitrogen and oxygen atoms in total. The molecule has 0 atom stereocenters. The minimum Gasteiger partial charge on any atom is -0.179 e.